The van der Waals surface area contributed by atoms with Crippen molar-refractivity contribution < 1.29 is 19.4 Å². The Hall–Kier alpha value is -2.04. The number of carbonyl (C=O) groups excluding carboxylic acids is 1. The Labute approximate surface area is 125 Å². The molecule has 0 aromatic heterocycles. The van der Waals surface area contributed by atoms with E-state index < -0.39 is 5.97 Å². The van der Waals surface area contributed by atoms with Crippen molar-refractivity contribution in [2.45, 2.75) is 39.2 Å². The van der Waals surface area contributed by atoms with Crippen LogP contribution in [0.3, 0.4) is 0 Å². The van der Waals surface area contributed by atoms with Gasteiger partial charge in [0.2, 0.25) is 0 Å². The van der Waals surface area contributed by atoms with Crippen molar-refractivity contribution in [3.63, 3.8) is 0 Å². The third-order valence-corrected chi connectivity index (χ3v) is 3.06. The first-order valence-electron chi connectivity index (χ1n) is 7.31. The van der Waals surface area contributed by atoms with Gasteiger partial charge in [-0.3, -0.25) is 4.79 Å². The molecular weight excluding hydrogens is 270 g/mol. The smallest absolute Gasteiger partial charge is 0.410 e. The highest BCUT2D eigenvalue weighted by molar-refractivity contribution is 5.67. The molecule has 0 atom stereocenters. The second-order valence-corrected chi connectivity index (χ2v) is 4.81. The maximum atomic E-state index is 11.9. The summed E-state index contributed by atoms with van der Waals surface area (Å²) in [5.74, 6) is -0.776. The van der Waals surface area contributed by atoms with Gasteiger partial charge in [-0.2, -0.15) is 0 Å². The Morgan fingerprint density at radius 1 is 1.14 bits per heavy atom. The zero-order chi connectivity index (χ0) is 15.5. The first kappa shape index (κ1) is 17.0. The van der Waals surface area contributed by atoms with Gasteiger partial charge in [0.15, 0.2) is 0 Å². The SMILES string of the molecule is CCOC(=O)N(CCCCCC(=O)O)Cc1ccccc1. The second-order valence-electron chi connectivity index (χ2n) is 4.81. The first-order chi connectivity index (χ1) is 10.1. The molecule has 0 unspecified atom stereocenters. The molecule has 1 amide bonds. The van der Waals surface area contributed by atoms with Crippen LogP contribution in [-0.2, 0) is 16.1 Å². The third kappa shape index (κ3) is 7.34. The lowest BCUT2D eigenvalue weighted by Crippen LogP contribution is -2.32. The zero-order valence-electron chi connectivity index (χ0n) is 12.5. The molecule has 0 bridgehead atoms. The molecule has 0 aliphatic heterocycles. The van der Waals surface area contributed by atoms with E-state index in [9.17, 15) is 9.59 Å². The third-order valence-electron chi connectivity index (χ3n) is 3.06. The molecule has 0 heterocycles. The molecule has 1 N–H and O–H groups in total. The number of carboxylic acids is 1. The van der Waals surface area contributed by atoms with E-state index in [2.05, 4.69) is 0 Å². The number of aliphatic carboxylic acids is 1. The van der Waals surface area contributed by atoms with Crippen molar-refractivity contribution in [1.29, 1.82) is 0 Å². The number of carbonyl (C=O) groups is 2. The highest BCUT2D eigenvalue weighted by Gasteiger charge is 2.14. The summed E-state index contributed by atoms with van der Waals surface area (Å²) in [6.07, 6.45) is 2.06. The Morgan fingerprint density at radius 2 is 1.86 bits per heavy atom. The Morgan fingerprint density at radius 3 is 2.48 bits per heavy atom. The molecule has 0 spiro atoms. The van der Waals surface area contributed by atoms with Gasteiger partial charge in [0.05, 0.1) is 6.61 Å². The summed E-state index contributed by atoms with van der Waals surface area (Å²) in [6.45, 7) is 3.22. The lowest BCUT2D eigenvalue weighted by molar-refractivity contribution is -0.137. The normalized spacial score (nSPS) is 10.1. The number of carboxylic acid groups (broad SMARTS) is 1. The van der Waals surface area contributed by atoms with Crippen LogP contribution in [0.5, 0.6) is 0 Å². The molecule has 5 heteroatoms. The predicted octanol–water partition coefficient (Wildman–Crippen LogP) is 3.29. The van der Waals surface area contributed by atoms with Crippen LogP contribution in [-0.4, -0.2) is 35.2 Å². The molecule has 1 aromatic carbocycles. The van der Waals surface area contributed by atoms with E-state index >= 15 is 0 Å². The summed E-state index contributed by atoms with van der Waals surface area (Å²) in [4.78, 5) is 24.0. The van der Waals surface area contributed by atoms with Gasteiger partial charge in [-0.25, -0.2) is 4.79 Å². The average molecular weight is 293 g/mol. The molecule has 0 saturated carbocycles. The molecular formula is C16H23NO4. The Kier molecular flexibility index (Phi) is 7.94. The summed E-state index contributed by atoms with van der Waals surface area (Å²) in [7, 11) is 0. The molecule has 5 nitrogen and oxygen atoms in total. The summed E-state index contributed by atoms with van der Waals surface area (Å²) < 4.78 is 5.06. The Balaban J connectivity index is 2.45. The van der Waals surface area contributed by atoms with Gasteiger partial charge in [0.25, 0.3) is 0 Å². The van der Waals surface area contributed by atoms with Crippen LogP contribution >= 0.6 is 0 Å². The minimum Gasteiger partial charge on any atom is -0.481 e. The van der Waals surface area contributed by atoms with Gasteiger partial charge in [-0.1, -0.05) is 36.8 Å². The molecule has 21 heavy (non-hydrogen) atoms. The topological polar surface area (TPSA) is 66.8 Å². The maximum absolute atomic E-state index is 11.9. The van der Waals surface area contributed by atoms with E-state index in [1.54, 1.807) is 11.8 Å². The van der Waals surface area contributed by atoms with Crippen LogP contribution in [0.4, 0.5) is 4.79 Å². The zero-order valence-corrected chi connectivity index (χ0v) is 12.5. The monoisotopic (exact) mass is 293 g/mol. The number of unbranched alkanes of at least 4 members (excludes halogenated alkanes) is 2. The van der Waals surface area contributed by atoms with E-state index in [0.717, 1.165) is 18.4 Å². The second kappa shape index (κ2) is 9.80. The van der Waals surface area contributed by atoms with Crippen molar-refractivity contribution >= 4 is 12.1 Å². The van der Waals surface area contributed by atoms with Gasteiger partial charge in [0, 0.05) is 19.5 Å². The quantitative estimate of drug-likeness (QED) is 0.709. The molecule has 0 aliphatic carbocycles. The minimum atomic E-state index is -0.776. The molecule has 0 saturated heterocycles. The minimum absolute atomic E-state index is 0.179. The fourth-order valence-corrected chi connectivity index (χ4v) is 2.01. The van der Waals surface area contributed by atoms with Gasteiger partial charge in [-0.15, -0.1) is 0 Å². The van der Waals surface area contributed by atoms with Crippen molar-refractivity contribution in [2.75, 3.05) is 13.2 Å². The van der Waals surface area contributed by atoms with E-state index in [1.165, 1.54) is 0 Å². The lowest BCUT2D eigenvalue weighted by Gasteiger charge is -2.22. The van der Waals surface area contributed by atoms with Gasteiger partial charge >= 0.3 is 12.1 Å². The van der Waals surface area contributed by atoms with Crippen molar-refractivity contribution in [1.82, 2.24) is 4.90 Å². The lowest BCUT2D eigenvalue weighted by atomic mass is 10.1. The number of rotatable bonds is 9. The molecule has 0 radical (unpaired) electrons. The molecule has 116 valence electrons. The van der Waals surface area contributed by atoms with Crippen LogP contribution in [0, 0.1) is 0 Å². The standard InChI is InChI=1S/C16H23NO4/c1-2-21-16(20)17(12-8-4-7-11-15(18)19)13-14-9-5-3-6-10-14/h3,5-6,9-10H,2,4,7-8,11-13H2,1H3,(H,18,19). The van der Waals surface area contributed by atoms with Gasteiger partial charge in [-0.05, 0) is 25.3 Å². The fraction of sp³-hybridized carbons (Fsp3) is 0.500. The largest absolute Gasteiger partial charge is 0.481 e. The van der Waals surface area contributed by atoms with E-state index in [1.807, 2.05) is 30.3 Å². The number of hydrogen-bond donors (Lipinski definition) is 1. The summed E-state index contributed by atoms with van der Waals surface area (Å²) in [5, 5.41) is 8.59. The average Bonchev–Trinajstić information content (AvgIpc) is 2.46. The van der Waals surface area contributed by atoms with E-state index in [-0.39, 0.29) is 12.5 Å². The fourth-order valence-electron chi connectivity index (χ4n) is 2.01. The van der Waals surface area contributed by atoms with Crippen LogP contribution in [0.1, 0.15) is 38.2 Å². The van der Waals surface area contributed by atoms with Crippen molar-refractivity contribution in [2.24, 2.45) is 0 Å². The number of hydrogen-bond acceptors (Lipinski definition) is 3. The summed E-state index contributed by atoms with van der Waals surface area (Å²) >= 11 is 0. The van der Waals surface area contributed by atoms with Crippen molar-refractivity contribution in [3.8, 4) is 0 Å². The van der Waals surface area contributed by atoms with Gasteiger partial charge < -0.3 is 14.7 Å². The molecule has 1 rings (SSSR count). The Bertz CT molecular complexity index is 433. The van der Waals surface area contributed by atoms with Gasteiger partial charge in [0.1, 0.15) is 0 Å². The highest BCUT2D eigenvalue weighted by Crippen LogP contribution is 2.09. The van der Waals surface area contributed by atoms with E-state index in [0.29, 0.717) is 26.1 Å². The number of amides is 1. The van der Waals surface area contributed by atoms with Crippen LogP contribution in [0.25, 0.3) is 0 Å². The molecule has 0 fully saturated rings. The molecule has 1 aromatic rings. The number of ether oxygens (including phenoxy) is 1. The van der Waals surface area contributed by atoms with Crippen LogP contribution in [0.2, 0.25) is 0 Å². The summed E-state index contributed by atoms with van der Waals surface area (Å²) in [5.41, 5.74) is 1.05. The maximum Gasteiger partial charge on any atom is 0.410 e. The highest BCUT2D eigenvalue weighted by atomic mass is 16.6. The number of benzene rings is 1. The molecule has 0 aliphatic rings. The van der Waals surface area contributed by atoms with Crippen molar-refractivity contribution in [3.05, 3.63) is 35.9 Å². The van der Waals surface area contributed by atoms with Crippen LogP contribution in [0.15, 0.2) is 30.3 Å². The summed E-state index contributed by atoms with van der Waals surface area (Å²) in [6, 6.07) is 9.74. The van der Waals surface area contributed by atoms with E-state index in [4.69, 9.17) is 9.84 Å². The van der Waals surface area contributed by atoms with Crippen LogP contribution < -0.4 is 0 Å². The predicted molar refractivity (Wildman–Crippen MR) is 80.0 cm³/mol. The number of nitrogens with zero attached hydrogens (tertiary/aromatic N) is 1. The first-order valence-corrected chi connectivity index (χ1v) is 7.31.